The van der Waals surface area contributed by atoms with Gasteiger partial charge in [-0.1, -0.05) is 30.3 Å². The predicted molar refractivity (Wildman–Crippen MR) is 57.6 cm³/mol. The number of sulfone groups is 1. The van der Waals surface area contributed by atoms with E-state index in [1.165, 1.54) is 0 Å². The van der Waals surface area contributed by atoms with Gasteiger partial charge in [0.05, 0.1) is 18.5 Å². The standard InChI is InChI=1S/C11H12O4S/c12-16(13)7-10-6-14-11(8-16,15-10)9-4-2-1-3-5-9/h1-5,10H,6-8H2. The lowest BCUT2D eigenvalue weighted by atomic mass is 10.1. The predicted octanol–water partition coefficient (Wildman–Crippen LogP) is 0.683. The Kier molecular flexibility index (Phi) is 2.11. The highest BCUT2D eigenvalue weighted by molar-refractivity contribution is 7.91. The van der Waals surface area contributed by atoms with E-state index in [-0.39, 0.29) is 17.6 Å². The van der Waals surface area contributed by atoms with Crippen LogP contribution in [0.5, 0.6) is 0 Å². The van der Waals surface area contributed by atoms with Crippen LogP contribution in [0.1, 0.15) is 5.56 Å². The average molecular weight is 240 g/mol. The van der Waals surface area contributed by atoms with Crippen molar-refractivity contribution in [1.82, 2.24) is 0 Å². The average Bonchev–Trinajstić information content (AvgIpc) is 2.57. The van der Waals surface area contributed by atoms with E-state index in [9.17, 15) is 8.42 Å². The summed E-state index contributed by atoms with van der Waals surface area (Å²) in [7, 11) is -3.08. The topological polar surface area (TPSA) is 52.6 Å². The molecule has 3 rings (SSSR count). The van der Waals surface area contributed by atoms with Crippen LogP contribution in [0.4, 0.5) is 0 Å². The molecule has 2 atom stereocenters. The second-order valence-electron chi connectivity index (χ2n) is 4.22. The molecule has 2 aliphatic heterocycles. The highest BCUT2D eigenvalue weighted by atomic mass is 32.2. The van der Waals surface area contributed by atoms with Crippen molar-refractivity contribution < 1.29 is 17.9 Å². The molecular weight excluding hydrogens is 228 g/mol. The van der Waals surface area contributed by atoms with Crippen LogP contribution in [0.15, 0.2) is 30.3 Å². The lowest BCUT2D eigenvalue weighted by Gasteiger charge is -2.31. The van der Waals surface area contributed by atoms with Crippen molar-refractivity contribution in [3.8, 4) is 0 Å². The Morgan fingerprint density at radius 3 is 2.75 bits per heavy atom. The van der Waals surface area contributed by atoms with Gasteiger partial charge in [0, 0.05) is 5.56 Å². The van der Waals surface area contributed by atoms with E-state index in [0.29, 0.717) is 6.61 Å². The first-order valence-corrected chi connectivity index (χ1v) is 7.00. The number of ether oxygens (including phenoxy) is 2. The fourth-order valence-corrected chi connectivity index (χ4v) is 4.03. The van der Waals surface area contributed by atoms with Crippen molar-refractivity contribution in [2.24, 2.45) is 0 Å². The smallest absolute Gasteiger partial charge is 0.209 e. The lowest BCUT2D eigenvalue weighted by molar-refractivity contribution is -0.160. The van der Waals surface area contributed by atoms with Gasteiger partial charge in [-0.25, -0.2) is 8.42 Å². The molecule has 0 spiro atoms. The van der Waals surface area contributed by atoms with E-state index in [0.717, 1.165) is 5.56 Å². The zero-order valence-electron chi connectivity index (χ0n) is 8.63. The minimum absolute atomic E-state index is 0.0710. The molecule has 1 aromatic rings. The van der Waals surface area contributed by atoms with Gasteiger partial charge in [-0.3, -0.25) is 0 Å². The Balaban J connectivity index is 2.06. The summed E-state index contributed by atoms with van der Waals surface area (Å²) < 4.78 is 34.7. The van der Waals surface area contributed by atoms with E-state index >= 15 is 0 Å². The summed E-state index contributed by atoms with van der Waals surface area (Å²) in [6.45, 7) is 0.355. The highest BCUT2D eigenvalue weighted by Crippen LogP contribution is 2.39. The molecule has 4 nitrogen and oxygen atoms in total. The molecule has 0 aliphatic carbocycles. The lowest BCUT2D eigenvalue weighted by Crippen LogP contribution is -2.43. The SMILES string of the molecule is O=S1(=O)CC2COC(c3ccccc3)(C1)O2. The molecule has 16 heavy (non-hydrogen) atoms. The minimum Gasteiger partial charge on any atom is -0.342 e. The fourth-order valence-electron chi connectivity index (χ4n) is 2.28. The largest absolute Gasteiger partial charge is 0.342 e. The first kappa shape index (κ1) is 10.3. The molecule has 2 aliphatic rings. The van der Waals surface area contributed by atoms with Crippen molar-refractivity contribution in [1.29, 1.82) is 0 Å². The van der Waals surface area contributed by atoms with Gasteiger partial charge in [-0.15, -0.1) is 0 Å². The normalized spacial score (nSPS) is 36.1. The van der Waals surface area contributed by atoms with E-state index in [1.54, 1.807) is 0 Å². The molecule has 5 heteroatoms. The number of benzene rings is 1. The van der Waals surface area contributed by atoms with Crippen LogP contribution in [0.3, 0.4) is 0 Å². The summed E-state index contributed by atoms with van der Waals surface area (Å²) in [4.78, 5) is 0. The number of rotatable bonds is 1. The van der Waals surface area contributed by atoms with Crippen molar-refractivity contribution in [2.75, 3.05) is 18.1 Å². The van der Waals surface area contributed by atoms with E-state index in [1.807, 2.05) is 30.3 Å². The van der Waals surface area contributed by atoms with E-state index < -0.39 is 15.6 Å². The summed E-state index contributed by atoms with van der Waals surface area (Å²) in [5.74, 6) is -1.08. The third-order valence-corrected chi connectivity index (χ3v) is 4.62. The molecule has 0 saturated carbocycles. The summed E-state index contributed by atoms with van der Waals surface area (Å²) in [5.41, 5.74) is 0.778. The first-order valence-electron chi connectivity index (χ1n) is 5.17. The molecule has 2 bridgehead atoms. The quantitative estimate of drug-likeness (QED) is 0.724. The van der Waals surface area contributed by atoms with Crippen LogP contribution in [0.2, 0.25) is 0 Å². The molecule has 2 unspecified atom stereocenters. The molecular formula is C11H12O4S. The van der Waals surface area contributed by atoms with Gasteiger partial charge in [-0.2, -0.15) is 0 Å². The number of hydrogen-bond donors (Lipinski definition) is 0. The maximum Gasteiger partial charge on any atom is 0.209 e. The van der Waals surface area contributed by atoms with Crippen LogP contribution in [0, 0.1) is 0 Å². The summed E-state index contributed by atoms with van der Waals surface area (Å²) in [6.07, 6.45) is -0.320. The molecule has 0 amide bonds. The molecule has 1 aromatic carbocycles. The van der Waals surface area contributed by atoms with E-state index in [4.69, 9.17) is 9.47 Å². The van der Waals surface area contributed by atoms with Gasteiger partial charge in [0.2, 0.25) is 5.79 Å². The molecule has 2 saturated heterocycles. The second-order valence-corrected chi connectivity index (χ2v) is 6.33. The zero-order chi connectivity index (χ0) is 11.2. The Morgan fingerprint density at radius 1 is 1.25 bits per heavy atom. The molecule has 0 aromatic heterocycles. The van der Waals surface area contributed by atoms with Gasteiger partial charge in [0.25, 0.3) is 0 Å². The minimum atomic E-state index is -3.08. The fraction of sp³-hybridized carbons (Fsp3) is 0.455. The van der Waals surface area contributed by atoms with Gasteiger partial charge in [-0.05, 0) is 0 Å². The Hall–Kier alpha value is -0.910. The van der Waals surface area contributed by atoms with Gasteiger partial charge in [0.15, 0.2) is 9.84 Å². The maximum absolute atomic E-state index is 11.7. The monoisotopic (exact) mass is 240 g/mol. The Morgan fingerprint density at radius 2 is 2.00 bits per heavy atom. The molecule has 86 valence electrons. The highest BCUT2D eigenvalue weighted by Gasteiger charge is 2.51. The van der Waals surface area contributed by atoms with Gasteiger partial charge >= 0.3 is 0 Å². The van der Waals surface area contributed by atoms with Crippen molar-refractivity contribution >= 4 is 9.84 Å². The summed E-state index contributed by atoms with van der Waals surface area (Å²) in [5, 5.41) is 0. The molecule has 2 heterocycles. The second kappa shape index (κ2) is 3.29. The maximum atomic E-state index is 11.7. The third kappa shape index (κ3) is 1.55. The first-order chi connectivity index (χ1) is 7.60. The molecule has 2 fully saturated rings. The third-order valence-electron chi connectivity index (χ3n) is 2.92. The van der Waals surface area contributed by atoms with Gasteiger partial charge in [0.1, 0.15) is 5.75 Å². The Labute approximate surface area is 94.1 Å². The van der Waals surface area contributed by atoms with Crippen molar-refractivity contribution in [3.05, 3.63) is 35.9 Å². The van der Waals surface area contributed by atoms with Gasteiger partial charge < -0.3 is 9.47 Å². The summed E-state index contributed by atoms with van der Waals surface area (Å²) >= 11 is 0. The molecule has 0 radical (unpaired) electrons. The zero-order valence-corrected chi connectivity index (χ0v) is 9.44. The number of hydrogen-bond acceptors (Lipinski definition) is 4. The summed E-state index contributed by atoms with van der Waals surface area (Å²) in [6, 6.07) is 9.26. The van der Waals surface area contributed by atoms with Crippen LogP contribution in [0.25, 0.3) is 0 Å². The Bertz CT molecular complexity index is 496. The van der Waals surface area contributed by atoms with Crippen LogP contribution in [-0.2, 0) is 25.1 Å². The number of fused-ring (bicyclic) bond motifs is 2. The van der Waals surface area contributed by atoms with Crippen LogP contribution >= 0.6 is 0 Å². The van der Waals surface area contributed by atoms with Crippen LogP contribution in [-0.4, -0.2) is 32.6 Å². The molecule has 0 N–H and O–H groups in total. The van der Waals surface area contributed by atoms with Crippen molar-refractivity contribution in [3.63, 3.8) is 0 Å². The van der Waals surface area contributed by atoms with E-state index in [2.05, 4.69) is 0 Å². The van der Waals surface area contributed by atoms with Crippen LogP contribution < -0.4 is 0 Å². The van der Waals surface area contributed by atoms with Crippen molar-refractivity contribution in [2.45, 2.75) is 11.9 Å².